The Morgan fingerprint density at radius 2 is 2.28 bits per heavy atom. The van der Waals surface area contributed by atoms with E-state index in [1.54, 1.807) is 24.1 Å². The van der Waals surface area contributed by atoms with Crippen LogP contribution in [0.2, 0.25) is 0 Å². The van der Waals surface area contributed by atoms with Crippen molar-refractivity contribution in [2.45, 2.75) is 12.6 Å². The summed E-state index contributed by atoms with van der Waals surface area (Å²) in [6.07, 6.45) is 3.37. The van der Waals surface area contributed by atoms with Crippen LogP contribution < -0.4 is 11.1 Å². The Hall–Kier alpha value is -1.51. The summed E-state index contributed by atoms with van der Waals surface area (Å²) in [6.45, 7) is 1.82. The maximum Gasteiger partial charge on any atom is 0.245 e. The second-order valence-corrected chi connectivity index (χ2v) is 3.69. The Labute approximate surface area is 105 Å². The summed E-state index contributed by atoms with van der Waals surface area (Å²) in [5, 5.41) is 9.93. The molecule has 1 aromatic rings. The van der Waals surface area contributed by atoms with Crippen LogP contribution in [0, 0.1) is 0 Å². The van der Waals surface area contributed by atoms with Crippen molar-refractivity contribution >= 4 is 5.91 Å². The number of ether oxygens (including phenoxy) is 2. The number of nitrogens with two attached hydrogens (primary N) is 1. The molecule has 8 nitrogen and oxygen atoms in total. The average Bonchev–Trinajstić information content (AvgIpc) is 2.87. The Morgan fingerprint density at radius 1 is 1.50 bits per heavy atom. The molecule has 1 heterocycles. The van der Waals surface area contributed by atoms with E-state index in [2.05, 4.69) is 15.6 Å². The van der Waals surface area contributed by atoms with Crippen LogP contribution in [0.25, 0.3) is 0 Å². The van der Waals surface area contributed by atoms with Crippen LogP contribution in [0.4, 0.5) is 0 Å². The third kappa shape index (κ3) is 6.28. The molecule has 0 saturated heterocycles. The number of rotatable bonds is 9. The van der Waals surface area contributed by atoms with Crippen LogP contribution in [0.15, 0.2) is 12.4 Å². The van der Waals surface area contributed by atoms with Gasteiger partial charge in [0.2, 0.25) is 5.91 Å². The van der Waals surface area contributed by atoms with E-state index in [0.29, 0.717) is 19.8 Å². The number of nitrogens with zero attached hydrogens (tertiary/aromatic N) is 3. The molecule has 1 atom stereocenters. The van der Waals surface area contributed by atoms with Gasteiger partial charge in [-0.15, -0.1) is 5.10 Å². The smallest absolute Gasteiger partial charge is 0.245 e. The van der Waals surface area contributed by atoms with Crippen molar-refractivity contribution < 1.29 is 14.3 Å². The highest BCUT2D eigenvalue weighted by Gasteiger charge is 2.05. The monoisotopic (exact) mass is 257 g/mol. The van der Waals surface area contributed by atoms with E-state index in [4.69, 9.17) is 15.2 Å². The van der Waals surface area contributed by atoms with Gasteiger partial charge in [0.25, 0.3) is 0 Å². The predicted molar refractivity (Wildman–Crippen MR) is 63.7 cm³/mol. The van der Waals surface area contributed by atoms with E-state index >= 15 is 0 Å². The minimum absolute atomic E-state index is 0.0170. The van der Waals surface area contributed by atoms with Gasteiger partial charge in [0.15, 0.2) is 0 Å². The van der Waals surface area contributed by atoms with Gasteiger partial charge >= 0.3 is 0 Å². The molecule has 0 spiro atoms. The zero-order valence-electron chi connectivity index (χ0n) is 10.4. The molecule has 0 aliphatic carbocycles. The number of hydrogen-bond donors (Lipinski definition) is 2. The highest BCUT2D eigenvalue weighted by Crippen LogP contribution is 1.87. The number of nitrogens with one attached hydrogen (secondary N) is 1. The fourth-order valence-corrected chi connectivity index (χ4v) is 1.17. The zero-order valence-corrected chi connectivity index (χ0v) is 10.4. The molecule has 1 rings (SSSR count). The highest BCUT2D eigenvalue weighted by atomic mass is 16.5. The minimum Gasteiger partial charge on any atom is -0.378 e. The molecule has 1 amide bonds. The van der Waals surface area contributed by atoms with Gasteiger partial charge in [-0.25, -0.2) is 0 Å². The largest absolute Gasteiger partial charge is 0.378 e. The summed E-state index contributed by atoms with van der Waals surface area (Å²) < 4.78 is 12.1. The third-order valence-corrected chi connectivity index (χ3v) is 2.11. The number of hydrogen-bond acceptors (Lipinski definition) is 6. The normalized spacial score (nSPS) is 12.3. The van der Waals surface area contributed by atoms with Gasteiger partial charge in [-0.1, -0.05) is 5.21 Å². The quantitative estimate of drug-likeness (QED) is 0.515. The van der Waals surface area contributed by atoms with Gasteiger partial charge < -0.3 is 20.5 Å². The first-order valence-corrected chi connectivity index (χ1v) is 5.68. The molecule has 1 unspecified atom stereocenters. The molecule has 0 bridgehead atoms. The summed E-state index contributed by atoms with van der Waals surface area (Å²) in [6, 6.07) is -0.245. The number of aromatic nitrogens is 3. The van der Waals surface area contributed by atoms with Crippen LogP contribution in [-0.2, 0) is 20.8 Å². The topological polar surface area (TPSA) is 104 Å². The van der Waals surface area contributed by atoms with Gasteiger partial charge in [0.05, 0.1) is 38.6 Å². The standard InChI is InChI=1S/C10H19N5O3/c1-12-10(16)8-18-7-9(11)6-17-5-4-15-3-2-13-14-15/h2-3,9H,4-8,11H2,1H3,(H,12,16). The first kappa shape index (κ1) is 14.6. The van der Waals surface area contributed by atoms with E-state index < -0.39 is 0 Å². The maximum absolute atomic E-state index is 10.9. The number of amides is 1. The predicted octanol–water partition coefficient (Wildman–Crippen LogP) is -1.62. The Balaban J connectivity index is 1.96. The molecule has 0 saturated carbocycles. The van der Waals surface area contributed by atoms with Gasteiger partial charge in [-0.2, -0.15) is 0 Å². The molecule has 0 aliphatic heterocycles. The number of likely N-dealkylation sites (N-methyl/N-ethyl adjacent to an activating group) is 1. The van der Waals surface area contributed by atoms with Crippen molar-refractivity contribution in [3.05, 3.63) is 12.4 Å². The second-order valence-electron chi connectivity index (χ2n) is 3.69. The van der Waals surface area contributed by atoms with Gasteiger partial charge in [0, 0.05) is 13.2 Å². The second kappa shape index (κ2) is 8.56. The molecule has 8 heteroatoms. The molecule has 0 aromatic carbocycles. The Bertz CT molecular complexity index is 330. The summed E-state index contributed by atoms with van der Waals surface area (Å²) in [4.78, 5) is 10.9. The average molecular weight is 257 g/mol. The van der Waals surface area contributed by atoms with Crippen molar-refractivity contribution in [2.75, 3.05) is 33.5 Å². The fourth-order valence-electron chi connectivity index (χ4n) is 1.17. The van der Waals surface area contributed by atoms with E-state index in [9.17, 15) is 4.79 Å². The van der Waals surface area contributed by atoms with E-state index in [-0.39, 0.29) is 25.2 Å². The van der Waals surface area contributed by atoms with Crippen LogP contribution in [-0.4, -0.2) is 60.4 Å². The molecule has 18 heavy (non-hydrogen) atoms. The first-order chi connectivity index (χ1) is 8.72. The van der Waals surface area contributed by atoms with E-state index in [0.717, 1.165) is 0 Å². The highest BCUT2D eigenvalue weighted by molar-refractivity contribution is 5.76. The van der Waals surface area contributed by atoms with E-state index in [1.807, 2.05) is 0 Å². The van der Waals surface area contributed by atoms with Crippen molar-refractivity contribution in [3.63, 3.8) is 0 Å². The third-order valence-electron chi connectivity index (χ3n) is 2.11. The van der Waals surface area contributed by atoms with Crippen molar-refractivity contribution in [1.82, 2.24) is 20.3 Å². The molecule has 3 N–H and O–H groups in total. The molecule has 0 fully saturated rings. The molecular weight excluding hydrogens is 238 g/mol. The summed E-state index contributed by atoms with van der Waals surface area (Å²) in [5.74, 6) is -0.172. The van der Waals surface area contributed by atoms with Gasteiger partial charge in [-0.3, -0.25) is 9.48 Å². The zero-order chi connectivity index (χ0) is 13.2. The Morgan fingerprint density at radius 3 is 2.94 bits per heavy atom. The number of carbonyl (C=O) groups excluding carboxylic acids is 1. The molecular formula is C10H19N5O3. The van der Waals surface area contributed by atoms with E-state index in [1.165, 1.54) is 0 Å². The lowest BCUT2D eigenvalue weighted by atomic mass is 10.4. The lowest BCUT2D eigenvalue weighted by Gasteiger charge is -2.12. The summed E-state index contributed by atoms with van der Waals surface area (Å²) in [7, 11) is 1.55. The molecule has 0 radical (unpaired) electrons. The van der Waals surface area contributed by atoms with Crippen molar-refractivity contribution in [2.24, 2.45) is 5.73 Å². The minimum atomic E-state index is -0.245. The lowest BCUT2D eigenvalue weighted by Crippen LogP contribution is -2.34. The fraction of sp³-hybridized carbons (Fsp3) is 0.700. The van der Waals surface area contributed by atoms with Crippen molar-refractivity contribution in [3.8, 4) is 0 Å². The van der Waals surface area contributed by atoms with Crippen LogP contribution in [0.1, 0.15) is 0 Å². The number of carbonyl (C=O) groups is 1. The Kier molecular flexibility index (Phi) is 6.92. The maximum atomic E-state index is 10.9. The van der Waals surface area contributed by atoms with Crippen LogP contribution in [0.3, 0.4) is 0 Å². The van der Waals surface area contributed by atoms with Gasteiger partial charge in [-0.05, 0) is 0 Å². The molecule has 102 valence electrons. The lowest BCUT2D eigenvalue weighted by molar-refractivity contribution is -0.125. The first-order valence-electron chi connectivity index (χ1n) is 5.68. The molecule has 1 aromatic heterocycles. The van der Waals surface area contributed by atoms with Crippen LogP contribution in [0.5, 0.6) is 0 Å². The summed E-state index contributed by atoms with van der Waals surface area (Å²) >= 11 is 0. The van der Waals surface area contributed by atoms with Crippen LogP contribution >= 0.6 is 0 Å². The SMILES string of the molecule is CNC(=O)COCC(N)COCCn1ccnn1. The molecule has 0 aliphatic rings. The van der Waals surface area contributed by atoms with Crippen molar-refractivity contribution in [1.29, 1.82) is 0 Å². The summed E-state index contributed by atoms with van der Waals surface area (Å²) in [5.41, 5.74) is 5.74. The van der Waals surface area contributed by atoms with Gasteiger partial charge in [0.1, 0.15) is 6.61 Å².